The number of carbonyl (C=O) groups excluding carboxylic acids is 1. The molecule has 0 heterocycles. The van der Waals surface area contributed by atoms with Crippen molar-refractivity contribution in [3.8, 4) is 11.5 Å². The van der Waals surface area contributed by atoms with Crippen molar-refractivity contribution in [3.63, 3.8) is 0 Å². The molecule has 0 aliphatic carbocycles. The smallest absolute Gasteiger partial charge is 0.258 e. The van der Waals surface area contributed by atoms with Crippen LogP contribution in [0.3, 0.4) is 0 Å². The fraction of sp³-hybridized carbons (Fsp3) is 0.316. The molecule has 2 rings (SSSR count). The van der Waals surface area contributed by atoms with Gasteiger partial charge in [-0.2, -0.15) is 0 Å². The first kappa shape index (κ1) is 20.7. The van der Waals surface area contributed by atoms with Crippen molar-refractivity contribution < 1.29 is 22.7 Å². The molecule has 3 N–H and O–H groups in total. The van der Waals surface area contributed by atoms with Crippen molar-refractivity contribution >= 4 is 15.9 Å². The molecule has 0 atom stereocenters. The predicted molar refractivity (Wildman–Crippen MR) is 102 cm³/mol. The van der Waals surface area contributed by atoms with Crippen LogP contribution in [0.5, 0.6) is 11.5 Å². The van der Waals surface area contributed by atoms with Crippen LogP contribution in [0.1, 0.15) is 16.7 Å². The van der Waals surface area contributed by atoms with E-state index in [9.17, 15) is 13.2 Å². The van der Waals surface area contributed by atoms with Crippen LogP contribution in [0.15, 0.2) is 41.3 Å². The summed E-state index contributed by atoms with van der Waals surface area (Å²) in [6.45, 7) is 5.82. The normalized spacial score (nSPS) is 11.1. The number of primary sulfonamides is 1. The molecule has 0 radical (unpaired) electrons. The SMILES string of the molecule is Cc1ccc(OCC(=O)NCCOc2cc(C)c(S(N)(=O)=O)cc2C)cc1. The van der Waals surface area contributed by atoms with Gasteiger partial charge in [0.2, 0.25) is 10.0 Å². The Balaban J connectivity index is 1.78. The second kappa shape index (κ2) is 8.88. The highest BCUT2D eigenvalue weighted by Crippen LogP contribution is 2.25. The average Bonchev–Trinajstić information content (AvgIpc) is 2.59. The Morgan fingerprint density at radius 3 is 2.33 bits per heavy atom. The Hall–Kier alpha value is -2.58. The summed E-state index contributed by atoms with van der Waals surface area (Å²) in [6.07, 6.45) is 0. The van der Waals surface area contributed by atoms with Crippen molar-refractivity contribution in [1.29, 1.82) is 0 Å². The van der Waals surface area contributed by atoms with E-state index in [0.29, 0.717) is 29.2 Å². The number of hydrogen-bond donors (Lipinski definition) is 2. The Labute approximate surface area is 159 Å². The highest BCUT2D eigenvalue weighted by atomic mass is 32.2. The zero-order chi connectivity index (χ0) is 20.0. The third kappa shape index (κ3) is 6.26. The summed E-state index contributed by atoms with van der Waals surface area (Å²) in [5.74, 6) is 0.926. The second-order valence-electron chi connectivity index (χ2n) is 6.23. The molecule has 146 valence electrons. The van der Waals surface area contributed by atoms with Gasteiger partial charge in [-0.05, 0) is 56.2 Å². The van der Waals surface area contributed by atoms with Gasteiger partial charge < -0.3 is 14.8 Å². The molecule has 0 bridgehead atoms. The standard InChI is InChI=1S/C19H24N2O5S/c1-13-4-6-16(7-5-13)26-12-19(22)21-8-9-25-17-10-15(3)18(11-14(17)2)27(20,23)24/h4-7,10-11H,8-9,12H2,1-3H3,(H,21,22)(H2,20,23,24). The summed E-state index contributed by atoms with van der Waals surface area (Å²) < 4.78 is 34.0. The summed E-state index contributed by atoms with van der Waals surface area (Å²) in [4.78, 5) is 11.9. The van der Waals surface area contributed by atoms with Crippen LogP contribution in [-0.4, -0.2) is 34.1 Å². The van der Waals surface area contributed by atoms with Gasteiger partial charge in [0.05, 0.1) is 11.4 Å². The number of ether oxygens (including phenoxy) is 2. The number of nitrogens with two attached hydrogens (primary N) is 1. The largest absolute Gasteiger partial charge is 0.491 e. The number of amides is 1. The maximum atomic E-state index is 11.8. The molecule has 0 saturated heterocycles. The zero-order valence-electron chi connectivity index (χ0n) is 15.6. The molecule has 27 heavy (non-hydrogen) atoms. The fourth-order valence-corrected chi connectivity index (χ4v) is 3.26. The van der Waals surface area contributed by atoms with Gasteiger partial charge in [0.15, 0.2) is 6.61 Å². The van der Waals surface area contributed by atoms with Gasteiger partial charge >= 0.3 is 0 Å². The van der Waals surface area contributed by atoms with Crippen LogP contribution in [-0.2, 0) is 14.8 Å². The van der Waals surface area contributed by atoms with Gasteiger partial charge in [0.1, 0.15) is 18.1 Å². The topological polar surface area (TPSA) is 108 Å². The molecule has 0 aliphatic rings. The highest BCUT2D eigenvalue weighted by Gasteiger charge is 2.14. The maximum Gasteiger partial charge on any atom is 0.258 e. The highest BCUT2D eigenvalue weighted by molar-refractivity contribution is 7.89. The minimum atomic E-state index is -3.77. The van der Waals surface area contributed by atoms with Crippen LogP contribution >= 0.6 is 0 Å². The van der Waals surface area contributed by atoms with E-state index in [1.807, 2.05) is 31.2 Å². The predicted octanol–water partition coefficient (Wildman–Crippen LogP) is 1.83. The van der Waals surface area contributed by atoms with E-state index < -0.39 is 10.0 Å². The lowest BCUT2D eigenvalue weighted by Gasteiger charge is -2.13. The van der Waals surface area contributed by atoms with Crippen LogP contribution < -0.4 is 19.9 Å². The summed E-state index contributed by atoms with van der Waals surface area (Å²) in [7, 11) is -3.77. The van der Waals surface area contributed by atoms with Crippen LogP contribution in [0.4, 0.5) is 0 Å². The molecule has 2 aromatic rings. The summed E-state index contributed by atoms with van der Waals surface area (Å²) in [6, 6.07) is 10.5. The lowest BCUT2D eigenvalue weighted by molar-refractivity contribution is -0.123. The van der Waals surface area contributed by atoms with E-state index in [4.69, 9.17) is 14.6 Å². The van der Waals surface area contributed by atoms with Crippen molar-refractivity contribution in [2.45, 2.75) is 25.7 Å². The Kier molecular flexibility index (Phi) is 6.81. The molecule has 0 spiro atoms. The van der Waals surface area contributed by atoms with E-state index in [0.717, 1.165) is 5.56 Å². The first-order valence-electron chi connectivity index (χ1n) is 8.40. The van der Waals surface area contributed by atoms with Gasteiger partial charge in [-0.15, -0.1) is 0 Å². The fourth-order valence-electron chi connectivity index (χ4n) is 2.41. The Morgan fingerprint density at radius 1 is 1.04 bits per heavy atom. The molecule has 7 nitrogen and oxygen atoms in total. The molecule has 2 aromatic carbocycles. The molecular weight excluding hydrogens is 368 g/mol. The van der Waals surface area contributed by atoms with Crippen molar-refractivity contribution in [3.05, 3.63) is 53.1 Å². The quantitative estimate of drug-likeness (QED) is 0.667. The monoisotopic (exact) mass is 392 g/mol. The number of aryl methyl sites for hydroxylation is 3. The minimum Gasteiger partial charge on any atom is -0.491 e. The number of carbonyl (C=O) groups is 1. The van der Waals surface area contributed by atoms with E-state index in [2.05, 4.69) is 5.32 Å². The molecule has 0 aliphatic heterocycles. The number of benzene rings is 2. The van der Waals surface area contributed by atoms with Crippen molar-refractivity contribution in [2.24, 2.45) is 5.14 Å². The summed E-state index contributed by atoms with van der Waals surface area (Å²) in [5.41, 5.74) is 2.28. The lowest BCUT2D eigenvalue weighted by Crippen LogP contribution is -2.32. The number of hydrogen-bond acceptors (Lipinski definition) is 5. The van der Waals surface area contributed by atoms with E-state index in [1.54, 1.807) is 19.9 Å². The van der Waals surface area contributed by atoms with Crippen molar-refractivity contribution in [2.75, 3.05) is 19.8 Å². The van der Waals surface area contributed by atoms with Crippen LogP contribution in [0.25, 0.3) is 0 Å². The third-order valence-corrected chi connectivity index (χ3v) is 4.90. The Bertz CT molecular complexity index is 908. The first-order chi connectivity index (χ1) is 12.7. The van der Waals surface area contributed by atoms with E-state index in [-0.39, 0.29) is 24.0 Å². The number of nitrogens with one attached hydrogen (secondary N) is 1. The van der Waals surface area contributed by atoms with Crippen LogP contribution in [0.2, 0.25) is 0 Å². The molecular formula is C19H24N2O5S. The summed E-state index contributed by atoms with van der Waals surface area (Å²) >= 11 is 0. The van der Waals surface area contributed by atoms with Crippen LogP contribution in [0, 0.1) is 20.8 Å². The van der Waals surface area contributed by atoms with Crippen molar-refractivity contribution in [1.82, 2.24) is 5.32 Å². The molecule has 0 fully saturated rings. The Morgan fingerprint density at radius 2 is 1.70 bits per heavy atom. The zero-order valence-corrected chi connectivity index (χ0v) is 16.4. The summed E-state index contributed by atoms with van der Waals surface area (Å²) in [5, 5.41) is 7.88. The minimum absolute atomic E-state index is 0.0777. The molecule has 0 saturated carbocycles. The van der Waals surface area contributed by atoms with E-state index in [1.165, 1.54) is 6.07 Å². The third-order valence-electron chi connectivity index (χ3n) is 3.85. The second-order valence-corrected chi connectivity index (χ2v) is 7.76. The lowest BCUT2D eigenvalue weighted by atomic mass is 10.1. The number of sulfonamides is 1. The van der Waals surface area contributed by atoms with Gasteiger partial charge in [0.25, 0.3) is 5.91 Å². The van der Waals surface area contributed by atoms with E-state index >= 15 is 0 Å². The van der Waals surface area contributed by atoms with Gasteiger partial charge in [-0.25, -0.2) is 13.6 Å². The van der Waals surface area contributed by atoms with Gasteiger partial charge in [0, 0.05) is 0 Å². The van der Waals surface area contributed by atoms with Gasteiger partial charge in [-0.3, -0.25) is 4.79 Å². The van der Waals surface area contributed by atoms with Gasteiger partial charge in [-0.1, -0.05) is 17.7 Å². The molecule has 1 amide bonds. The molecule has 0 aromatic heterocycles. The molecule has 0 unspecified atom stereocenters. The average molecular weight is 392 g/mol. The maximum absolute atomic E-state index is 11.8. The molecule has 8 heteroatoms. The first-order valence-corrected chi connectivity index (χ1v) is 9.94. The number of rotatable bonds is 8.